The van der Waals surface area contributed by atoms with Crippen LogP contribution in [0.5, 0.6) is 0 Å². The zero-order chi connectivity index (χ0) is 16.6. The Labute approximate surface area is 137 Å². The second-order valence-electron chi connectivity index (χ2n) is 8.90. The number of aliphatic hydroxyl groups excluding tert-OH is 3. The third-order valence-electron chi connectivity index (χ3n) is 7.89. The summed E-state index contributed by atoms with van der Waals surface area (Å²) in [5, 5.41) is 31.2. The van der Waals surface area contributed by atoms with Crippen LogP contribution >= 0.6 is 0 Å². The SMILES string of the molecule is C[C@]12CCC(O)CC1=CC(O)[C@@H]1[C@H]2CC[C@]2(C)C(O)C(=O)C[C@@H]12. The van der Waals surface area contributed by atoms with Gasteiger partial charge in [-0.3, -0.25) is 4.79 Å². The third kappa shape index (κ3) is 1.98. The fourth-order valence-electron chi connectivity index (χ4n) is 6.40. The van der Waals surface area contributed by atoms with E-state index in [0.717, 1.165) is 25.7 Å². The van der Waals surface area contributed by atoms with Gasteiger partial charge in [-0.05, 0) is 55.3 Å². The summed E-state index contributed by atoms with van der Waals surface area (Å²) in [6.07, 6.45) is 4.88. The van der Waals surface area contributed by atoms with E-state index in [9.17, 15) is 20.1 Å². The summed E-state index contributed by atoms with van der Waals surface area (Å²) in [7, 11) is 0. The normalized spacial score (nSPS) is 55.7. The van der Waals surface area contributed by atoms with E-state index in [1.165, 1.54) is 5.57 Å². The Balaban J connectivity index is 1.75. The topological polar surface area (TPSA) is 77.8 Å². The average molecular weight is 320 g/mol. The summed E-state index contributed by atoms with van der Waals surface area (Å²) in [5.41, 5.74) is 0.856. The van der Waals surface area contributed by atoms with E-state index in [1.54, 1.807) is 0 Å². The van der Waals surface area contributed by atoms with Gasteiger partial charge in [0.2, 0.25) is 0 Å². The fraction of sp³-hybridized carbons (Fsp3) is 0.842. The van der Waals surface area contributed by atoms with Gasteiger partial charge < -0.3 is 15.3 Å². The minimum atomic E-state index is -0.869. The van der Waals surface area contributed by atoms with Crippen LogP contribution in [-0.4, -0.2) is 39.4 Å². The zero-order valence-corrected chi connectivity index (χ0v) is 14.0. The Morgan fingerprint density at radius 3 is 2.52 bits per heavy atom. The van der Waals surface area contributed by atoms with Crippen LogP contribution in [0.3, 0.4) is 0 Å². The van der Waals surface area contributed by atoms with Crippen molar-refractivity contribution < 1.29 is 20.1 Å². The van der Waals surface area contributed by atoms with Gasteiger partial charge in [-0.15, -0.1) is 0 Å². The van der Waals surface area contributed by atoms with Gasteiger partial charge >= 0.3 is 0 Å². The minimum Gasteiger partial charge on any atom is -0.393 e. The van der Waals surface area contributed by atoms with Crippen molar-refractivity contribution in [1.82, 2.24) is 0 Å². The molecule has 3 unspecified atom stereocenters. The molecule has 128 valence electrons. The smallest absolute Gasteiger partial charge is 0.162 e. The molecule has 3 N–H and O–H groups in total. The van der Waals surface area contributed by atoms with E-state index in [0.29, 0.717) is 18.8 Å². The number of carbonyl (C=O) groups excluding carboxylic acids is 1. The Morgan fingerprint density at radius 2 is 1.78 bits per heavy atom. The maximum absolute atomic E-state index is 12.2. The molecule has 0 aromatic carbocycles. The summed E-state index contributed by atoms with van der Waals surface area (Å²) in [4.78, 5) is 12.2. The Morgan fingerprint density at radius 1 is 1.04 bits per heavy atom. The summed E-state index contributed by atoms with van der Waals surface area (Å²) < 4.78 is 0. The average Bonchev–Trinajstić information content (AvgIpc) is 2.73. The predicted molar refractivity (Wildman–Crippen MR) is 85.5 cm³/mol. The van der Waals surface area contributed by atoms with Crippen molar-refractivity contribution in [1.29, 1.82) is 0 Å². The number of Topliss-reactive ketones (excluding diaryl/α,β-unsaturated/α-hetero) is 1. The second kappa shape index (κ2) is 4.90. The van der Waals surface area contributed by atoms with Crippen molar-refractivity contribution in [2.24, 2.45) is 28.6 Å². The second-order valence-corrected chi connectivity index (χ2v) is 8.90. The molecule has 0 amide bonds. The van der Waals surface area contributed by atoms with Crippen molar-refractivity contribution in [3.8, 4) is 0 Å². The predicted octanol–water partition coefficient (Wildman–Crippen LogP) is 1.82. The summed E-state index contributed by atoms with van der Waals surface area (Å²) in [5.74, 6) is 0.421. The van der Waals surface area contributed by atoms with Crippen LogP contribution in [0.15, 0.2) is 11.6 Å². The van der Waals surface area contributed by atoms with E-state index in [1.807, 2.05) is 13.0 Å². The molecular formula is C19H28O4. The molecule has 23 heavy (non-hydrogen) atoms. The molecule has 4 aliphatic carbocycles. The lowest BCUT2D eigenvalue weighted by Crippen LogP contribution is -2.55. The molecule has 0 aliphatic heterocycles. The molecule has 0 saturated heterocycles. The van der Waals surface area contributed by atoms with Crippen LogP contribution in [-0.2, 0) is 4.79 Å². The first kappa shape index (κ1) is 15.8. The first-order chi connectivity index (χ1) is 10.8. The van der Waals surface area contributed by atoms with Crippen molar-refractivity contribution in [2.75, 3.05) is 0 Å². The molecule has 0 aromatic rings. The van der Waals surface area contributed by atoms with Crippen LogP contribution in [0, 0.1) is 28.6 Å². The highest BCUT2D eigenvalue weighted by molar-refractivity contribution is 5.86. The van der Waals surface area contributed by atoms with Gasteiger partial charge in [0.05, 0.1) is 12.2 Å². The van der Waals surface area contributed by atoms with Crippen molar-refractivity contribution in [3.63, 3.8) is 0 Å². The number of fused-ring (bicyclic) bond motifs is 5. The molecule has 0 bridgehead atoms. The number of rotatable bonds is 0. The number of hydrogen-bond donors (Lipinski definition) is 3. The van der Waals surface area contributed by atoms with Crippen LogP contribution in [0.4, 0.5) is 0 Å². The Bertz CT molecular complexity index is 570. The van der Waals surface area contributed by atoms with E-state index >= 15 is 0 Å². The Hall–Kier alpha value is -0.710. The highest BCUT2D eigenvalue weighted by Crippen LogP contribution is 2.64. The van der Waals surface area contributed by atoms with Crippen LogP contribution in [0.2, 0.25) is 0 Å². The van der Waals surface area contributed by atoms with Crippen molar-refractivity contribution in [3.05, 3.63) is 11.6 Å². The lowest BCUT2D eigenvalue weighted by Gasteiger charge is -2.58. The maximum atomic E-state index is 12.2. The fourth-order valence-corrected chi connectivity index (χ4v) is 6.40. The molecule has 4 rings (SSSR count). The molecule has 4 heteroatoms. The minimum absolute atomic E-state index is 0.0288. The molecule has 3 saturated carbocycles. The molecule has 0 spiro atoms. The molecule has 0 heterocycles. The van der Waals surface area contributed by atoms with Gasteiger partial charge in [0.1, 0.15) is 6.10 Å². The first-order valence-electron chi connectivity index (χ1n) is 9.05. The molecule has 4 aliphatic rings. The molecule has 8 atom stereocenters. The number of carbonyl (C=O) groups is 1. The van der Waals surface area contributed by atoms with E-state index in [-0.39, 0.29) is 34.6 Å². The van der Waals surface area contributed by atoms with E-state index < -0.39 is 12.2 Å². The van der Waals surface area contributed by atoms with Crippen molar-refractivity contribution >= 4 is 5.78 Å². The monoisotopic (exact) mass is 320 g/mol. The lowest BCUT2D eigenvalue weighted by molar-refractivity contribution is -0.130. The number of hydrogen-bond acceptors (Lipinski definition) is 4. The van der Waals surface area contributed by atoms with Gasteiger partial charge in [-0.25, -0.2) is 0 Å². The highest BCUT2D eigenvalue weighted by Gasteiger charge is 2.62. The van der Waals surface area contributed by atoms with Gasteiger partial charge in [-0.2, -0.15) is 0 Å². The van der Waals surface area contributed by atoms with Gasteiger partial charge in [-0.1, -0.05) is 25.5 Å². The van der Waals surface area contributed by atoms with E-state index in [2.05, 4.69) is 6.92 Å². The molecule has 3 fully saturated rings. The van der Waals surface area contributed by atoms with Crippen LogP contribution in [0.25, 0.3) is 0 Å². The zero-order valence-electron chi connectivity index (χ0n) is 14.0. The summed E-state index contributed by atoms with van der Waals surface area (Å²) >= 11 is 0. The van der Waals surface area contributed by atoms with Gasteiger partial charge in [0.25, 0.3) is 0 Å². The summed E-state index contributed by atoms with van der Waals surface area (Å²) in [6.45, 7) is 4.31. The first-order valence-corrected chi connectivity index (χ1v) is 9.05. The molecule has 4 nitrogen and oxygen atoms in total. The Kier molecular flexibility index (Phi) is 3.37. The molecule has 0 aromatic heterocycles. The number of ketones is 1. The quantitative estimate of drug-likeness (QED) is 0.595. The van der Waals surface area contributed by atoms with Crippen molar-refractivity contribution in [2.45, 2.75) is 70.7 Å². The molecule has 0 radical (unpaired) electrons. The van der Waals surface area contributed by atoms with Gasteiger partial charge in [0, 0.05) is 11.8 Å². The molecular weight excluding hydrogens is 292 g/mol. The maximum Gasteiger partial charge on any atom is 0.162 e. The van der Waals surface area contributed by atoms with Crippen LogP contribution in [0.1, 0.15) is 52.4 Å². The largest absolute Gasteiger partial charge is 0.393 e. The van der Waals surface area contributed by atoms with E-state index in [4.69, 9.17) is 0 Å². The standard InChI is InChI=1S/C19H28O4/c1-18-5-3-11(20)7-10(18)8-14(21)16-12(18)4-6-19(2)13(16)9-15(22)17(19)23/h8,11-14,16-17,20-21,23H,3-7,9H2,1-2H3/t11?,12-,13+,14?,16-,17?,18+,19+/m1/s1. The summed E-state index contributed by atoms with van der Waals surface area (Å²) in [6, 6.07) is 0. The lowest BCUT2D eigenvalue weighted by atomic mass is 9.47. The highest BCUT2D eigenvalue weighted by atomic mass is 16.3. The van der Waals surface area contributed by atoms with Gasteiger partial charge in [0.15, 0.2) is 5.78 Å². The van der Waals surface area contributed by atoms with Crippen LogP contribution < -0.4 is 0 Å². The number of aliphatic hydroxyl groups is 3. The third-order valence-corrected chi connectivity index (χ3v) is 7.89.